The minimum atomic E-state index is -0.194. The average Bonchev–Trinajstić information content (AvgIpc) is 3.02. The number of nitrogens with one attached hydrogen (secondary N) is 1. The fourth-order valence-electron chi connectivity index (χ4n) is 2.28. The Balaban J connectivity index is 1.60. The molecular weight excluding hydrogens is 392 g/mol. The number of hydrogen-bond acceptors (Lipinski definition) is 6. The summed E-state index contributed by atoms with van der Waals surface area (Å²) in [5.41, 5.74) is 2.11. The summed E-state index contributed by atoms with van der Waals surface area (Å²) in [6, 6.07) is 6.84. The molecule has 2 aromatic heterocycles. The Morgan fingerprint density at radius 2 is 2.19 bits per heavy atom. The number of anilines is 1. The van der Waals surface area contributed by atoms with Crippen molar-refractivity contribution in [2.45, 2.75) is 26.0 Å². The third-order valence-electron chi connectivity index (χ3n) is 3.60. The molecule has 136 valence electrons. The SMILES string of the molecule is CCc1nn2c(=O)cc(CSCC(=O)Nc3cc(Cl)ccc3C)nc2s1. The molecule has 9 heteroatoms. The Labute approximate surface area is 163 Å². The highest BCUT2D eigenvalue weighted by atomic mass is 35.5. The molecular formula is C17H17ClN4O2S2. The van der Waals surface area contributed by atoms with Crippen molar-refractivity contribution >= 4 is 51.3 Å². The molecule has 1 amide bonds. The van der Waals surface area contributed by atoms with Gasteiger partial charge < -0.3 is 5.32 Å². The molecule has 0 saturated carbocycles. The predicted octanol–water partition coefficient (Wildman–Crippen LogP) is 3.55. The molecule has 2 heterocycles. The van der Waals surface area contributed by atoms with Gasteiger partial charge in [-0.05, 0) is 31.0 Å². The second-order valence-electron chi connectivity index (χ2n) is 5.63. The van der Waals surface area contributed by atoms with Gasteiger partial charge in [0.05, 0.1) is 11.4 Å². The second kappa shape index (κ2) is 8.20. The van der Waals surface area contributed by atoms with Crippen molar-refractivity contribution < 1.29 is 4.79 Å². The summed E-state index contributed by atoms with van der Waals surface area (Å²) in [5.74, 6) is 0.618. The molecule has 0 spiro atoms. The number of benzene rings is 1. The minimum Gasteiger partial charge on any atom is -0.325 e. The van der Waals surface area contributed by atoms with E-state index in [0.29, 0.717) is 27.1 Å². The van der Waals surface area contributed by atoms with Crippen LogP contribution in [0.15, 0.2) is 29.1 Å². The van der Waals surface area contributed by atoms with E-state index in [9.17, 15) is 9.59 Å². The van der Waals surface area contributed by atoms with Gasteiger partial charge >= 0.3 is 0 Å². The van der Waals surface area contributed by atoms with Gasteiger partial charge in [0.1, 0.15) is 5.01 Å². The Morgan fingerprint density at radius 3 is 2.96 bits per heavy atom. The first-order valence-electron chi connectivity index (χ1n) is 7.98. The normalized spacial score (nSPS) is 11.0. The first-order valence-corrected chi connectivity index (χ1v) is 10.3. The summed E-state index contributed by atoms with van der Waals surface area (Å²) in [6.07, 6.45) is 0.765. The van der Waals surface area contributed by atoms with Crippen LogP contribution in [-0.4, -0.2) is 26.3 Å². The van der Waals surface area contributed by atoms with E-state index < -0.39 is 0 Å². The summed E-state index contributed by atoms with van der Waals surface area (Å²) in [7, 11) is 0. The van der Waals surface area contributed by atoms with Crippen molar-refractivity contribution in [3.8, 4) is 0 Å². The summed E-state index contributed by atoms with van der Waals surface area (Å²) in [4.78, 5) is 29.3. The molecule has 26 heavy (non-hydrogen) atoms. The molecule has 0 bridgehead atoms. The van der Waals surface area contributed by atoms with Gasteiger partial charge in [0, 0.05) is 22.5 Å². The molecule has 0 aliphatic heterocycles. The zero-order valence-electron chi connectivity index (χ0n) is 14.3. The Bertz CT molecular complexity index is 1020. The Morgan fingerprint density at radius 1 is 1.38 bits per heavy atom. The maximum absolute atomic E-state index is 12.1. The molecule has 0 aliphatic carbocycles. The van der Waals surface area contributed by atoms with Crippen molar-refractivity contribution in [2.75, 3.05) is 11.1 Å². The Kier molecular flexibility index (Phi) is 5.95. The summed E-state index contributed by atoms with van der Waals surface area (Å²) >= 11 is 8.77. The number of carbonyl (C=O) groups excluding carboxylic acids is 1. The van der Waals surface area contributed by atoms with Crippen LogP contribution in [0, 0.1) is 6.92 Å². The molecule has 0 unspecified atom stereocenters. The molecule has 0 fully saturated rings. The number of aryl methyl sites for hydroxylation is 2. The van der Waals surface area contributed by atoms with Crippen LogP contribution in [0.1, 0.15) is 23.2 Å². The maximum atomic E-state index is 12.1. The minimum absolute atomic E-state index is 0.121. The Hall–Kier alpha value is -1.90. The van der Waals surface area contributed by atoms with Crippen LogP contribution in [-0.2, 0) is 17.0 Å². The van der Waals surface area contributed by atoms with Crippen LogP contribution in [0.5, 0.6) is 0 Å². The highest BCUT2D eigenvalue weighted by Gasteiger charge is 2.10. The smallest absolute Gasteiger partial charge is 0.275 e. The van der Waals surface area contributed by atoms with E-state index in [1.807, 2.05) is 19.9 Å². The van der Waals surface area contributed by atoms with Gasteiger partial charge in [0.2, 0.25) is 10.9 Å². The van der Waals surface area contributed by atoms with E-state index in [4.69, 9.17) is 11.6 Å². The van der Waals surface area contributed by atoms with E-state index in [0.717, 1.165) is 17.0 Å². The summed E-state index contributed by atoms with van der Waals surface area (Å²) in [5, 5.41) is 8.52. The molecule has 6 nitrogen and oxygen atoms in total. The van der Waals surface area contributed by atoms with Crippen LogP contribution in [0.25, 0.3) is 4.96 Å². The molecule has 1 N–H and O–H groups in total. The summed E-state index contributed by atoms with van der Waals surface area (Å²) in [6.45, 7) is 3.89. The van der Waals surface area contributed by atoms with E-state index in [-0.39, 0.29) is 17.2 Å². The van der Waals surface area contributed by atoms with Gasteiger partial charge in [-0.3, -0.25) is 9.59 Å². The van der Waals surface area contributed by atoms with Crippen molar-refractivity contribution in [2.24, 2.45) is 0 Å². The second-order valence-corrected chi connectivity index (χ2v) is 8.09. The molecule has 3 aromatic rings. The third kappa shape index (κ3) is 4.44. The number of carbonyl (C=O) groups is 1. The number of rotatable bonds is 6. The van der Waals surface area contributed by atoms with Gasteiger partial charge in [-0.2, -0.15) is 9.61 Å². The topological polar surface area (TPSA) is 76.4 Å². The highest BCUT2D eigenvalue weighted by Crippen LogP contribution is 2.21. The number of hydrogen-bond donors (Lipinski definition) is 1. The van der Waals surface area contributed by atoms with Gasteiger partial charge in [-0.15, -0.1) is 11.8 Å². The lowest BCUT2D eigenvalue weighted by molar-refractivity contribution is -0.113. The largest absolute Gasteiger partial charge is 0.325 e. The fourth-order valence-corrected chi connectivity index (χ4v) is 4.02. The highest BCUT2D eigenvalue weighted by molar-refractivity contribution is 7.99. The van der Waals surface area contributed by atoms with Crippen LogP contribution in [0.4, 0.5) is 5.69 Å². The van der Waals surface area contributed by atoms with Crippen molar-refractivity contribution in [3.63, 3.8) is 0 Å². The number of halogens is 1. The molecule has 0 aliphatic rings. The molecule has 3 rings (SSSR count). The first kappa shape index (κ1) is 18.9. The van der Waals surface area contributed by atoms with Gasteiger partial charge in [0.15, 0.2) is 0 Å². The van der Waals surface area contributed by atoms with Crippen LogP contribution < -0.4 is 10.9 Å². The lowest BCUT2D eigenvalue weighted by Crippen LogP contribution is -2.16. The number of amides is 1. The first-order chi connectivity index (χ1) is 12.5. The van der Waals surface area contributed by atoms with Gasteiger partial charge in [-0.25, -0.2) is 4.98 Å². The lowest BCUT2D eigenvalue weighted by atomic mass is 10.2. The van der Waals surface area contributed by atoms with E-state index in [2.05, 4.69) is 15.4 Å². The van der Waals surface area contributed by atoms with Crippen LogP contribution in [0.3, 0.4) is 0 Å². The fraction of sp³-hybridized carbons (Fsp3) is 0.294. The monoisotopic (exact) mass is 408 g/mol. The molecule has 0 saturated heterocycles. The molecule has 0 atom stereocenters. The summed E-state index contributed by atoms with van der Waals surface area (Å²) < 4.78 is 1.33. The van der Waals surface area contributed by atoms with Crippen molar-refractivity contribution in [1.82, 2.24) is 14.6 Å². The molecule has 1 aromatic carbocycles. The zero-order valence-corrected chi connectivity index (χ0v) is 16.7. The lowest BCUT2D eigenvalue weighted by Gasteiger charge is -2.08. The van der Waals surface area contributed by atoms with E-state index in [1.54, 1.807) is 12.1 Å². The number of thioether (sulfide) groups is 1. The predicted molar refractivity (Wildman–Crippen MR) is 107 cm³/mol. The number of fused-ring (bicyclic) bond motifs is 1. The maximum Gasteiger partial charge on any atom is 0.275 e. The van der Waals surface area contributed by atoms with Crippen LogP contribution >= 0.6 is 34.7 Å². The molecule has 0 radical (unpaired) electrons. The van der Waals surface area contributed by atoms with Gasteiger partial charge in [-0.1, -0.05) is 35.9 Å². The van der Waals surface area contributed by atoms with Crippen LogP contribution in [0.2, 0.25) is 5.02 Å². The number of aromatic nitrogens is 3. The van der Waals surface area contributed by atoms with E-state index in [1.165, 1.54) is 33.7 Å². The third-order valence-corrected chi connectivity index (χ3v) is 5.85. The van der Waals surface area contributed by atoms with Crippen molar-refractivity contribution in [3.05, 3.63) is 55.9 Å². The van der Waals surface area contributed by atoms with Gasteiger partial charge in [0.25, 0.3) is 5.56 Å². The standard InChI is InChI=1S/C17H17ClN4O2S2/c1-3-15-21-22-16(24)7-12(19-17(22)26-15)8-25-9-14(23)20-13-6-11(18)5-4-10(13)2/h4-7H,3,8-9H2,1-2H3,(H,20,23). The van der Waals surface area contributed by atoms with E-state index >= 15 is 0 Å². The zero-order chi connectivity index (χ0) is 18.7. The van der Waals surface area contributed by atoms with Crippen molar-refractivity contribution in [1.29, 1.82) is 0 Å². The average molecular weight is 409 g/mol. The quantitative estimate of drug-likeness (QED) is 0.675. The number of nitrogens with zero attached hydrogens (tertiary/aromatic N) is 3.